The van der Waals surface area contributed by atoms with E-state index in [4.69, 9.17) is 0 Å². The van der Waals surface area contributed by atoms with Gasteiger partial charge in [-0.15, -0.1) is 0 Å². The maximum Gasteiger partial charge on any atom is 0.109 e. The summed E-state index contributed by atoms with van der Waals surface area (Å²) in [6, 6.07) is 0. The molecule has 112 valence electrons. The van der Waals surface area contributed by atoms with Gasteiger partial charge in [-0.2, -0.15) is 0 Å². The fourth-order valence-corrected chi connectivity index (χ4v) is 11.2. The van der Waals surface area contributed by atoms with Gasteiger partial charge in [0.15, 0.2) is 0 Å². The van der Waals surface area contributed by atoms with Gasteiger partial charge in [-0.1, -0.05) is 39.3 Å². The van der Waals surface area contributed by atoms with Gasteiger partial charge in [0.25, 0.3) is 0 Å². The van der Waals surface area contributed by atoms with Crippen LogP contribution in [-0.2, 0) is 0 Å². The van der Waals surface area contributed by atoms with E-state index in [1.54, 1.807) is 0 Å². The molecule has 0 aromatic heterocycles. The highest BCUT2D eigenvalue weighted by Gasteiger charge is 2.22. The van der Waals surface area contributed by atoms with Gasteiger partial charge in [-0.3, -0.25) is 0 Å². The first-order chi connectivity index (χ1) is 7.41. The number of hydrogen-bond donors (Lipinski definition) is 2. The highest BCUT2D eigenvalue weighted by Crippen LogP contribution is 2.08. The van der Waals surface area contributed by atoms with Crippen molar-refractivity contribution in [2.24, 2.45) is 0 Å². The summed E-state index contributed by atoms with van der Waals surface area (Å²) in [7, 11) is -1.96. The summed E-state index contributed by atoms with van der Waals surface area (Å²) in [4.78, 5) is 0. The molecule has 0 amide bonds. The fourth-order valence-electron chi connectivity index (χ4n) is 2.25. The van der Waals surface area contributed by atoms with Gasteiger partial charge >= 0.3 is 0 Å². The summed E-state index contributed by atoms with van der Waals surface area (Å²) >= 11 is 0. The molecule has 4 heteroatoms. The SMILES string of the molecule is CC(C)(C)NC(C)(C)C.C[Si](C)(C)N[Si](C)(C)C. The molecule has 18 heavy (non-hydrogen) atoms. The molecule has 0 spiro atoms. The number of nitrogens with one attached hydrogen (secondary N) is 2. The van der Waals surface area contributed by atoms with Gasteiger partial charge in [0.2, 0.25) is 0 Å². The zero-order valence-corrected chi connectivity index (χ0v) is 17.0. The van der Waals surface area contributed by atoms with E-state index in [9.17, 15) is 0 Å². The number of rotatable bonds is 2. The molecule has 2 N–H and O–H groups in total. The van der Waals surface area contributed by atoms with Gasteiger partial charge in [-0.25, -0.2) is 0 Å². The lowest BCUT2D eigenvalue weighted by atomic mass is 10.0. The van der Waals surface area contributed by atoms with Crippen LogP contribution in [0.1, 0.15) is 41.5 Å². The van der Waals surface area contributed by atoms with Crippen LogP contribution in [0, 0.1) is 0 Å². The Morgan fingerprint density at radius 1 is 0.556 bits per heavy atom. The van der Waals surface area contributed by atoms with Crippen LogP contribution in [-0.4, -0.2) is 27.5 Å². The molecule has 0 radical (unpaired) electrons. The molecule has 0 saturated heterocycles. The predicted octanol–water partition coefficient (Wildman–Crippen LogP) is 4.42. The van der Waals surface area contributed by atoms with Gasteiger partial charge in [0.05, 0.1) is 0 Å². The van der Waals surface area contributed by atoms with Gasteiger partial charge < -0.3 is 9.96 Å². The average molecular weight is 291 g/mol. The quantitative estimate of drug-likeness (QED) is 0.736. The van der Waals surface area contributed by atoms with E-state index in [1.807, 2.05) is 0 Å². The molecule has 0 heterocycles. The van der Waals surface area contributed by atoms with Gasteiger partial charge in [-0.05, 0) is 41.5 Å². The molecule has 0 aromatic rings. The van der Waals surface area contributed by atoms with E-state index in [1.165, 1.54) is 0 Å². The van der Waals surface area contributed by atoms with Crippen molar-refractivity contribution in [1.82, 2.24) is 9.96 Å². The Kier molecular flexibility index (Phi) is 7.67. The molecular formula is C14H38N2Si2. The zero-order valence-electron chi connectivity index (χ0n) is 15.0. The average Bonchev–Trinajstić information content (AvgIpc) is 1.64. The lowest BCUT2D eigenvalue weighted by Crippen LogP contribution is -2.55. The standard InChI is InChI=1S/C8H19N.C6H19NSi2/c1-7(2,3)9-8(4,5)6;1-8(2,3)7-9(4,5)6/h9H,1-6H3;7H,1-6H3. The van der Waals surface area contributed by atoms with Crippen LogP contribution in [0.25, 0.3) is 0 Å². The Morgan fingerprint density at radius 2 is 0.778 bits per heavy atom. The van der Waals surface area contributed by atoms with Crippen LogP contribution < -0.4 is 9.96 Å². The Bertz CT molecular complexity index is 174. The molecule has 0 bridgehead atoms. The topological polar surface area (TPSA) is 24.1 Å². The first-order valence-corrected chi connectivity index (χ1v) is 14.0. The summed E-state index contributed by atoms with van der Waals surface area (Å²) in [6.45, 7) is 27.2. The largest absolute Gasteiger partial charge is 0.360 e. The molecule has 0 saturated carbocycles. The van der Waals surface area contributed by atoms with Crippen LogP contribution in [0.3, 0.4) is 0 Å². The fraction of sp³-hybridized carbons (Fsp3) is 1.00. The van der Waals surface area contributed by atoms with E-state index in [2.05, 4.69) is 90.8 Å². The lowest BCUT2D eigenvalue weighted by Gasteiger charge is -2.31. The van der Waals surface area contributed by atoms with Crippen LogP contribution >= 0.6 is 0 Å². The van der Waals surface area contributed by atoms with E-state index >= 15 is 0 Å². The summed E-state index contributed by atoms with van der Waals surface area (Å²) in [5.41, 5.74) is 0.469. The smallest absolute Gasteiger partial charge is 0.109 e. The van der Waals surface area contributed by atoms with Crippen molar-refractivity contribution >= 4 is 16.5 Å². The van der Waals surface area contributed by atoms with Crippen molar-refractivity contribution in [2.75, 3.05) is 0 Å². The monoisotopic (exact) mass is 290 g/mol. The van der Waals surface area contributed by atoms with Crippen LogP contribution in [0.4, 0.5) is 0 Å². The van der Waals surface area contributed by atoms with Crippen molar-refractivity contribution in [3.8, 4) is 0 Å². The molecule has 0 fully saturated rings. The normalized spacial score (nSPS) is 14.0. The molecule has 0 atom stereocenters. The molecule has 2 nitrogen and oxygen atoms in total. The minimum Gasteiger partial charge on any atom is -0.360 e. The summed E-state index contributed by atoms with van der Waals surface area (Å²) in [6.07, 6.45) is 0. The molecule has 0 aliphatic rings. The van der Waals surface area contributed by atoms with Crippen molar-refractivity contribution in [2.45, 2.75) is 91.9 Å². The Balaban J connectivity index is 0. The van der Waals surface area contributed by atoms with Crippen molar-refractivity contribution in [3.63, 3.8) is 0 Å². The Morgan fingerprint density at radius 3 is 0.778 bits per heavy atom. The third-order valence-corrected chi connectivity index (χ3v) is 7.50. The molecular weight excluding hydrogens is 252 g/mol. The van der Waals surface area contributed by atoms with Crippen molar-refractivity contribution in [3.05, 3.63) is 0 Å². The van der Waals surface area contributed by atoms with Gasteiger partial charge in [0, 0.05) is 11.1 Å². The van der Waals surface area contributed by atoms with Crippen LogP contribution in [0.5, 0.6) is 0 Å². The van der Waals surface area contributed by atoms with E-state index < -0.39 is 16.5 Å². The maximum atomic E-state index is 3.74. The lowest BCUT2D eigenvalue weighted by molar-refractivity contribution is 0.303. The zero-order chi connectivity index (χ0) is 15.4. The third kappa shape index (κ3) is 25.3. The first-order valence-electron chi connectivity index (χ1n) is 7.00. The Labute approximate surface area is 119 Å². The third-order valence-electron chi connectivity index (χ3n) is 1.50. The first kappa shape index (κ1) is 20.7. The van der Waals surface area contributed by atoms with Crippen molar-refractivity contribution in [1.29, 1.82) is 0 Å². The second-order valence-corrected chi connectivity index (χ2v) is 19.2. The number of hydrogen-bond acceptors (Lipinski definition) is 2. The summed E-state index contributed by atoms with van der Waals surface area (Å²) < 4.78 is 3.74. The second-order valence-electron chi connectivity index (χ2n) is 9.25. The highest BCUT2D eigenvalue weighted by molar-refractivity contribution is 6.90. The molecule has 0 aliphatic heterocycles. The van der Waals surface area contributed by atoms with E-state index in [-0.39, 0.29) is 11.1 Å². The molecule has 0 unspecified atom stereocenters. The second kappa shape index (κ2) is 6.68. The molecule has 0 aliphatic carbocycles. The van der Waals surface area contributed by atoms with E-state index in [0.717, 1.165) is 0 Å². The minimum absolute atomic E-state index is 0.234. The van der Waals surface area contributed by atoms with Crippen molar-refractivity contribution < 1.29 is 0 Å². The minimum atomic E-state index is -0.981. The van der Waals surface area contributed by atoms with Crippen LogP contribution in [0.15, 0.2) is 0 Å². The van der Waals surface area contributed by atoms with Crippen LogP contribution in [0.2, 0.25) is 39.3 Å². The Hall–Kier alpha value is 0.354. The molecule has 0 aromatic carbocycles. The van der Waals surface area contributed by atoms with E-state index in [0.29, 0.717) is 0 Å². The maximum absolute atomic E-state index is 3.74. The predicted molar refractivity (Wildman–Crippen MR) is 92.5 cm³/mol. The van der Waals surface area contributed by atoms with Gasteiger partial charge in [0.1, 0.15) is 16.5 Å². The summed E-state index contributed by atoms with van der Waals surface area (Å²) in [5, 5.41) is 3.46. The highest BCUT2D eigenvalue weighted by atomic mass is 28.4. The molecule has 0 rings (SSSR count). The summed E-state index contributed by atoms with van der Waals surface area (Å²) in [5.74, 6) is 0.